The Bertz CT molecular complexity index is 795. The van der Waals surface area contributed by atoms with Gasteiger partial charge in [-0.25, -0.2) is 8.78 Å². The summed E-state index contributed by atoms with van der Waals surface area (Å²) in [4.78, 5) is 7.56. The van der Waals surface area contributed by atoms with Crippen LogP contribution < -0.4 is 4.90 Å². The van der Waals surface area contributed by atoms with Crippen molar-refractivity contribution in [3.05, 3.63) is 35.5 Å². The van der Waals surface area contributed by atoms with Gasteiger partial charge in [0.05, 0.1) is 12.2 Å². The van der Waals surface area contributed by atoms with E-state index in [9.17, 15) is 9.65 Å². The lowest BCUT2D eigenvalue weighted by Gasteiger charge is -2.43. The summed E-state index contributed by atoms with van der Waals surface area (Å²) < 4.78 is 29.8. The molecule has 0 aliphatic rings. The number of anilines is 1. The van der Waals surface area contributed by atoms with E-state index >= 15 is 4.39 Å². The maximum atomic E-state index is 15.2. The van der Waals surface area contributed by atoms with Crippen LogP contribution in [-0.2, 0) is 0 Å². The monoisotopic (exact) mass is 404 g/mol. The van der Waals surface area contributed by atoms with Gasteiger partial charge in [0.2, 0.25) is 0 Å². The van der Waals surface area contributed by atoms with Crippen LogP contribution in [0.1, 0.15) is 66.9 Å². The Morgan fingerprint density at radius 1 is 1.21 bits per heavy atom. The molecule has 0 atom stereocenters. The van der Waals surface area contributed by atoms with Gasteiger partial charge in [0, 0.05) is 17.8 Å². The van der Waals surface area contributed by atoms with E-state index in [0.29, 0.717) is 6.67 Å². The standard InChI is InChI=1S/C23H34F2N4/c1-10-11-28(16(2)13-22(3,4)5)15-29(23(6,7)8)21-19(25)17(14-26)12-18(24)20(21)27-9/h12H,2,9-11,13,15H2,1,3-8H3. The Labute approximate surface area is 174 Å². The van der Waals surface area contributed by atoms with E-state index in [1.807, 2.05) is 20.8 Å². The fourth-order valence-electron chi connectivity index (χ4n) is 3.19. The average molecular weight is 405 g/mol. The smallest absolute Gasteiger partial charge is 0.166 e. The Hall–Kier alpha value is -2.42. The molecular weight excluding hydrogens is 370 g/mol. The third kappa shape index (κ3) is 6.28. The fourth-order valence-corrected chi connectivity index (χ4v) is 3.19. The summed E-state index contributed by atoms with van der Waals surface area (Å²) in [5, 5.41) is 9.25. The molecule has 0 fully saturated rings. The van der Waals surface area contributed by atoms with E-state index in [-0.39, 0.29) is 22.4 Å². The maximum Gasteiger partial charge on any atom is 0.166 e. The zero-order valence-electron chi connectivity index (χ0n) is 18.9. The average Bonchev–Trinajstić information content (AvgIpc) is 2.57. The molecule has 0 aliphatic heterocycles. The highest BCUT2D eigenvalue weighted by Crippen LogP contribution is 2.40. The van der Waals surface area contributed by atoms with Gasteiger partial charge in [0.1, 0.15) is 17.4 Å². The minimum Gasteiger partial charge on any atom is -0.358 e. The number of allylic oxidation sites excluding steroid dienone is 1. The van der Waals surface area contributed by atoms with Crippen molar-refractivity contribution < 1.29 is 8.78 Å². The molecule has 0 amide bonds. The van der Waals surface area contributed by atoms with Crippen LogP contribution in [0.2, 0.25) is 0 Å². The molecule has 0 aliphatic carbocycles. The SMILES string of the molecule is C=Nc1c(F)cc(C#N)c(F)c1N(CN(CCC)C(=C)CC(C)(C)C)C(C)(C)C. The van der Waals surface area contributed by atoms with Crippen molar-refractivity contribution in [1.29, 1.82) is 5.26 Å². The van der Waals surface area contributed by atoms with Gasteiger partial charge in [-0.3, -0.25) is 4.99 Å². The van der Waals surface area contributed by atoms with Crippen molar-refractivity contribution >= 4 is 18.1 Å². The zero-order chi connectivity index (χ0) is 22.6. The molecule has 1 rings (SSSR count). The number of nitrogens with zero attached hydrogens (tertiary/aromatic N) is 4. The van der Waals surface area contributed by atoms with E-state index in [0.717, 1.165) is 31.1 Å². The number of nitriles is 1. The molecule has 0 heterocycles. The van der Waals surface area contributed by atoms with Gasteiger partial charge in [-0.05, 0) is 51.8 Å². The molecule has 0 unspecified atom stereocenters. The number of benzene rings is 1. The van der Waals surface area contributed by atoms with Crippen LogP contribution in [0, 0.1) is 28.4 Å². The summed E-state index contributed by atoms with van der Waals surface area (Å²) in [5.74, 6) is -1.55. The highest BCUT2D eigenvalue weighted by molar-refractivity contribution is 5.73. The topological polar surface area (TPSA) is 42.6 Å². The zero-order valence-corrected chi connectivity index (χ0v) is 18.9. The van der Waals surface area contributed by atoms with E-state index in [4.69, 9.17) is 0 Å². The van der Waals surface area contributed by atoms with Crippen LogP contribution in [-0.4, -0.2) is 30.4 Å². The predicted molar refractivity (Wildman–Crippen MR) is 118 cm³/mol. The van der Waals surface area contributed by atoms with Gasteiger partial charge < -0.3 is 9.80 Å². The highest BCUT2D eigenvalue weighted by atomic mass is 19.1. The number of halogens is 2. The number of hydrogen-bond donors (Lipinski definition) is 0. The summed E-state index contributed by atoms with van der Waals surface area (Å²) in [6, 6.07) is 2.60. The van der Waals surface area contributed by atoms with Crippen molar-refractivity contribution in [3.63, 3.8) is 0 Å². The minimum atomic E-state index is -0.788. The van der Waals surface area contributed by atoms with Crippen LogP contribution in [0.5, 0.6) is 0 Å². The molecular formula is C23H34F2N4. The Morgan fingerprint density at radius 2 is 1.79 bits per heavy atom. The quantitative estimate of drug-likeness (QED) is 0.372. The summed E-state index contributed by atoms with van der Waals surface area (Å²) in [6.45, 7) is 22.9. The first-order chi connectivity index (χ1) is 13.3. The first-order valence-electron chi connectivity index (χ1n) is 9.86. The molecule has 0 saturated carbocycles. The van der Waals surface area contributed by atoms with E-state index in [1.165, 1.54) is 0 Å². The van der Waals surface area contributed by atoms with Gasteiger partial charge in [-0.2, -0.15) is 5.26 Å². The molecule has 0 aromatic heterocycles. The van der Waals surface area contributed by atoms with Crippen LogP contribution in [0.4, 0.5) is 20.2 Å². The van der Waals surface area contributed by atoms with Crippen molar-refractivity contribution in [2.45, 2.75) is 66.8 Å². The fraction of sp³-hybridized carbons (Fsp3) is 0.565. The molecule has 4 nitrogen and oxygen atoms in total. The molecule has 0 N–H and O–H groups in total. The van der Waals surface area contributed by atoms with Crippen molar-refractivity contribution in [1.82, 2.24) is 4.90 Å². The number of hydrogen-bond acceptors (Lipinski definition) is 4. The van der Waals surface area contributed by atoms with Crippen molar-refractivity contribution in [2.75, 3.05) is 18.1 Å². The molecule has 0 saturated heterocycles. The summed E-state index contributed by atoms with van der Waals surface area (Å²) in [5.41, 5.74) is -0.187. The minimum absolute atomic E-state index is 0.0432. The predicted octanol–water partition coefficient (Wildman–Crippen LogP) is 6.39. The maximum absolute atomic E-state index is 15.2. The molecule has 6 heteroatoms. The molecule has 0 bridgehead atoms. The van der Waals surface area contributed by atoms with Crippen LogP contribution in [0.3, 0.4) is 0 Å². The second-order valence-corrected chi connectivity index (χ2v) is 9.49. The molecule has 160 valence electrons. The van der Waals surface area contributed by atoms with Gasteiger partial charge >= 0.3 is 0 Å². The van der Waals surface area contributed by atoms with Gasteiger partial charge in [0.25, 0.3) is 0 Å². The first-order valence-corrected chi connectivity index (χ1v) is 9.86. The lowest BCUT2D eigenvalue weighted by molar-refractivity contribution is 0.270. The highest BCUT2D eigenvalue weighted by Gasteiger charge is 2.32. The van der Waals surface area contributed by atoms with Crippen LogP contribution in [0.15, 0.2) is 23.3 Å². The van der Waals surface area contributed by atoms with Crippen LogP contribution >= 0.6 is 0 Å². The summed E-state index contributed by atoms with van der Waals surface area (Å²) >= 11 is 0. The van der Waals surface area contributed by atoms with Gasteiger partial charge in [-0.1, -0.05) is 34.3 Å². The second kappa shape index (κ2) is 9.39. The van der Waals surface area contributed by atoms with Crippen molar-refractivity contribution in [3.8, 4) is 6.07 Å². The summed E-state index contributed by atoms with van der Waals surface area (Å²) in [7, 11) is 0. The first kappa shape index (κ1) is 24.6. The lowest BCUT2D eigenvalue weighted by Crippen LogP contribution is -2.49. The van der Waals surface area contributed by atoms with E-state index in [1.54, 1.807) is 11.0 Å². The van der Waals surface area contributed by atoms with Gasteiger partial charge in [-0.15, -0.1) is 0 Å². The number of rotatable bonds is 8. The van der Waals surface area contributed by atoms with E-state index < -0.39 is 17.2 Å². The Balaban J connectivity index is 3.57. The number of aliphatic imine (C=N–C) groups is 1. The molecule has 29 heavy (non-hydrogen) atoms. The Morgan fingerprint density at radius 3 is 2.21 bits per heavy atom. The lowest BCUT2D eigenvalue weighted by atomic mass is 9.90. The molecule has 1 aromatic rings. The third-order valence-corrected chi connectivity index (χ3v) is 4.51. The normalized spacial score (nSPS) is 11.7. The summed E-state index contributed by atoms with van der Waals surface area (Å²) in [6.07, 6.45) is 1.65. The second-order valence-electron chi connectivity index (χ2n) is 9.49. The Kier molecular flexibility index (Phi) is 7.97. The molecule has 1 aromatic carbocycles. The largest absolute Gasteiger partial charge is 0.358 e. The van der Waals surface area contributed by atoms with E-state index in [2.05, 4.69) is 50.9 Å². The van der Waals surface area contributed by atoms with Crippen LogP contribution in [0.25, 0.3) is 0 Å². The van der Waals surface area contributed by atoms with Crippen molar-refractivity contribution in [2.24, 2.45) is 10.4 Å². The molecule has 0 radical (unpaired) electrons. The third-order valence-electron chi connectivity index (χ3n) is 4.51. The molecule has 0 spiro atoms. The van der Waals surface area contributed by atoms with Gasteiger partial charge in [0.15, 0.2) is 11.6 Å².